The molecular weight excluding hydrogens is 364 g/mol. The molecule has 5 nitrogen and oxygen atoms in total. The first-order valence-electron chi connectivity index (χ1n) is 9.42. The van der Waals surface area contributed by atoms with Crippen LogP contribution in [-0.2, 0) is 9.53 Å². The van der Waals surface area contributed by atoms with Crippen LogP contribution in [0.5, 0.6) is 0 Å². The quantitative estimate of drug-likeness (QED) is 0.490. The van der Waals surface area contributed by atoms with E-state index in [0.29, 0.717) is 23.4 Å². The van der Waals surface area contributed by atoms with E-state index in [2.05, 4.69) is 10.6 Å². The van der Waals surface area contributed by atoms with Gasteiger partial charge >= 0.3 is 5.97 Å². The molecule has 3 aromatic rings. The summed E-state index contributed by atoms with van der Waals surface area (Å²) in [6.07, 6.45) is 0. The second-order valence-electron chi connectivity index (χ2n) is 6.54. The van der Waals surface area contributed by atoms with Crippen molar-refractivity contribution in [2.45, 2.75) is 6.92 Å². The van der Waals surface area contributed by atoms with Crippen LogP contribution >= 0.6 is 0 Å². The van der Waals surface area contributed by atoms with Crippen molar-refractivity contribution < 1.29 is 14.3 Å². The molecule has 1 amide bonds. The van der Waals surface area contributed by atoms with Gasteiger partial charge in [0.1, 0.15) is 0 Å². The first-order valence-corrected chi connectivity index (χ1v) is 9.42. The number of carbonyl (C=O) groups is 2. The molecule has 0 aliphatic carbocycles. The first-order chi connectivity index (χ1) is 14.2. The molecule has 0 saturated heterocycles. The number of esters is 1. The lowest BCUT2D eigenvalue weighted by molar-refractivity contribution is -0.110. The number of carbonyl (C=O) groups excluding carboxylic acids is 2. The minimum atomic E-state index is -0.357. The van der Waals surface area contributed by atoms with Crippen LogP contribution in [-0.4, -0.2) is 18.5 Å². The van der Waals surface area contributed by atoms with Crippen molar-refractivity contribution in [3.63, 3.8) is 0 Å². The highest BCUT2D eigenvalue weighted by atomic mass is 16.5. The Labute approximate surface area is 169 Å². The summed E-state index contributed by atoms with van der Waals surface area (Å²) in [5, 5.41) is 6.30. The topological polar surface area (TPSA) is 67.4 Å². The third-order valence-corrected chi connectivity index (χ3v) is 4.65. The molecule has 0 unspecified atom stereocenters. The highest BCUT2D eigenvalue weighted by Crippen LogP contribution is 2.37. The Hall–Kier alpha value is -3.86. The van der Waals surface area contributed by atoms with Gasteiger partial charge in [-0.3, -0.25) is 4.79 Å². The number of amides is 1. The molecule has 3 aromatic carbocycles. The zero-order valence-corrected chi connectivity index (χ0v) is 15.9. The Morgan fingerprint density at radius 1 is 0.897 bits per heavy atom. The molecule has 4 rings (SSSR count). The van der Waals surface area contributed by atoms with Gasteiger partial charge in [0.2, 0.25) is 0 Å². The van der Waals surface area contributed by atoms with E-state index in [1.54, 1.807) is 31.2 Å². The van der Waals surface area contributed by atoms with Crippen molar-refractivity contribution in [3.8, 4) is 0 Å². The summed E-state index contributed by atoms with van der Waals surface area (Å²) < 4.78 is 5.03. The summed E-state index contributed by atoms with van der Waals surface area (Å²) in [5.74, 6) is -0.509. The fourth-order valence-electron chi connectivity index (χ4n) is 3.30. The minimum Gasteiger partial charge on any atom is -0.462 e. The molecule has 0 bridgehead atoms. The Balaban J connectivity index is 1.76. The smallest absolute Gasteiger partial charge is 0.338 e. The number of ether oxygens (including phenoxy) is 1. The van der Waals surface area contributed by atoms with Gasteiger partial charge in [-0.05, 0) is 42.8 Å². The molecule has 0 fully saturated rings. The molecule has 0 radical (unpaired) electrons. The fraction of sp³-hybridized carbons (Fsp3) is 0.0833. The number of benzene rings is 3. The van der Waals surface area contributed by atoms with Crippen molar-refractivity contribution >= 4 is 34.5 Å². The maximum atomic E-state index is 12.8. The Bertz CT molecular complexity index is 1090. The van der Waals surface area contributed by atoms with Gasteiger partial charge in [0, 0.05) is 16.9 Å². The molecular formula is C24H20N2O3. The summed E-state index contributed by atoms with van der Waals surface area (Å²) >= 11 is 0. The Morgan fingerprint density at radius 2 is 1.59 bits per heavy atom. The Kier molecular flexibility index (Phi) is 5.12. The molecule has 5 heteroatoms. The molecule has 144 valence electrons. The van der Waals surface area contributed by atoms with E-state index in [4.69, 9.17) is 4.74 Å². The van der Waals surface area contributed by atoms with Crippen LogP contribution in [0.4, 0.5) is 11.4 Å². The van der Waals surface area contributed by atoms with Crippen LogP contribution in [0.2, 0.25) is 0 Å². The van der Waals surface area contributed by atoms with Gasteiger partial charge in [-0.25, -0.2) is 4.79 Å². The summed E-state index contributed by atoms with van der Waals surface area (Å²) in [4.78, 5) is 24.7. The minimum absolute atomic E-state index is 0.152. The summed E-state index contributed by atoms with van der Waals surface area (Å²) in [7, 11) is 0. The van der Waals surface area contributed by atoms with Crippen LogP contribution in [0.1, 0.15) is 28.4 Å². The number of nitrogens with one attached hydrogen (secondary N) is 2. The first kappa shape index (κ1) is 18.5. The number of hydrogen-bond donors (Lipinski definition) is 2. The SMILES string of the molecule is CCOC(=O)c1ccc(N/C(=C2\C(=O)Nc3ccccc32)c2ccccc2)cc1. The molecule has 1 aliphatic rings. The molecule has 0 saturated carbocycles. The lowest BCUT2D eigenvalue weighted by atomic mass is 10.00. The zero-order chi connectivity index (χ0) is 20.2. The van der Waals surface area contributed by atoms with Crippen LogP contribution in [0.3, 0.4) is 0 Å². The largest absolute Gasteiger partial charge is 0.462 e. The third-order valence-electron chi connectivity index (χ3n) is 4.65. The van der Waals surface area contributed by atoms with Crippen LogP contribution < -0.4 is 10.6 Å². The average Bonchev–Trinajstić information content (AvgIpc) is 3.09. The van der Waals surface area contributed by atoms with Crippen LogP contribution in [0.15, 0.2) is 78.9 Å². The van der Waals surface area contributed by atoms with E-state index < -0.39 is 0 Å². The number of para-hydroxylation sites is 1. The van der Waals surface area contributed by atoms with Crippen molar-refractivity contribution in [1.82, 2.24) is 0 Å². The maximum absolute atomic E-state index is 12.8. The Morgan fingerprint density at radius 3 is 2.31 bits per heavy atom. The van der Waals surface area contributed by atoms with Gasteiger partial charge in [-0.2, -0.15) is 0 Å². The molecule has 29 heavy (non-hydrogen) atoms. The second kappa shape index (κ2) is 8.02. The third kappa shape index (κ3) is 3.75. The van der Waals surface area contributed by atoms with E-state index in [1.807, 2.05) is 54.6 Å². The van der Waals surface area contributed by atoms with Gasteiger partial charge in [-0.1, -0.05) is 48.5 Å². The highest BCUT2D eigenvalue weighted by molar-refractivity contribution is 6.37. The standard InChI is InChI=1S/C24H20N2O3/c1-2-29-24(28)17-12-14-18(15-13-17)25-22(16-8-4-3-5-9-16)21-19-10-6-7-11-20(19)26-23(21)27/h3-15,25H,2H2,1H3,(H,26,27)/b22-21-. The predicted molar refractivity (Wildman–Crippen MR) is 114 cm³/mol. The molecule has 1 heterocycles. The van der Waals surface area contributed by atoms with Gasteiger partial charge in [0.25, 0.3) is 5.91 Å². The molecule has 1 aliphatic heterocycles. The fourth-order valence-corrected chi connectivity index (χ4v) is 3.30. The average molecular weight is 384 g/mol. The maximum Gasteiger partial charge on any atom is 0.338 e. The van der Waals surface area contributed by atoms with E-state index in [-0.39, 0.29) is 11.9 Å². The second-order valence-corrected chi connectivity index (χ2v) is 6.54. The number of fused-ring (bicyclic) bond motifs is 1. The van der Waals surface area contributed by atoms with E-state index in [0.717, 1.165) is 22.5 Å². The normalized spacial score (nSPS) is 14.0. The number of hydrogen-bond acceptors (Lipinski definition) is 4. The van der Waals surface area contributed by atoms with Crippen molar-refractivity contribution in [1.29, 1.82) is 0 Å². The highest BCUT2D eigenvalue weighted by Gasteiger charge is 2.28. The molecule has 0 aromatic heterocycles. The van der Waals surface area contributed by atoms with Gasteiger partial charge < -0.3 is 15.4 Å². The lowest BCUT2D eigenvalue weighted by Gasteiger charge is -2.15. The predicted octanol–water partition coefficient (Wildman–Crippen LogP) is 4.80. The monoisotopic (exact) mass is 384 g/mol. The summed E-state index contributed by atoms with van der Waals surface area (Å²) in [6.45, 7) is 2.11. The number of anilines is 2. The van der Waals surface area contributed by atoms with Gasteiger partial charge in [0.05, 0.1) is 23.4 Å². The van der Waals surface area contributed by atoms with Crippen molar-refractivity contribution in [2.24, 2.45) is 0 Å². The van der Waals surface area contributed by atoms with Crippen molar-refractivity contribution in [3.05, 3.63) is 95.6 Å². The zero-order valence-electron chi connectivity index (χ0n) is 15.9. The van der Waals surface area contributed by atoms with Crippen molar-refractivity contribution in [2.75, 3.05) is 17.2 Å². The molecule has 0 atom stereocenters. The van der Waals surface area contributed by atoms with E-state index in [9.17, 15) is 9.59 Å². The van der Waals surface area contributed by atoms with Crippen LogP contribution in [0, 0.1) is 0 Å². The summed E-state index contributed by atoms with van der Waals surface area (Å²) in [5.41, 5.74) is 5.08. The number of rotatable bonds is 5. The van der Waals surface area contributed by atoms with Gasteiger partial charge in [-0.15, -0.1) is 0 Å². The van der Waals surface area contributed by atoms with Gasteiger partial charge in [0.15, 0.2) is 0 Å². The van der Waals surface area contributed by atoms with Crippen LogP contribution in [0.25, 0.3) is 11.3 Å². The molecule has 2 N–H and O–H groups in total. The lowest BCUT2D eigenvalue weighted by Crippen LogP contribution is -2.10. The summed E-state index contributed by atoms with van der Waals surface area (Å²) in [6, 6.07) is 24.3. The van der Waals surface area contributed by atoms with E-state index in [1.165, 1.54) is 0 Å². The molecule has 0 spiro atoms. The van der Waals surface area contributed by atoms with E-state index >= 15 is 0 Å².